The van der Waals surface area contributed by atoms with Gasteiger partial charge in [0, 0.05) is 0 Å². The summed E-state index contributed by atoms with van der Waals surface area (Å²) in [6.45, 7) is 7.65. The molecule has 0 atom stereocenters. The minimum atomic E-state index is 0. The fourth-order valence-corrected chi connectivity index (χ4v) is 0. The molecule has 0 aromatic heterocycles. The molecule has 54 valence electrons. The summed E-state index contributed by atoms with van der Waals surface area (Å²) < 4.78 is 4.42. The van der Waals surface area contributed by atoms with Crippen LogP contribution in [0.15, 0.2) is 0 Å². The Kier molecular flexibility index (Phi) is 42.5. The van der Waals surface area contributed by atoms with Gasteiger partial charge in [-0.05, 0) is 13.7 Å². The Morgan fingerprint density at radius 3 is 1.89 bits per heavy atom. The Bertz CT molecular complexity index is 21.0. The zero-order valence-corrected chi connectivity index (χ0v) is 7.75. The minimum Gasteiger partial charge on any atom is -0.555 e. The first-order chi connectivity index (χ1) is 3.83. The van der Waals surface area contributed by atoms with Crippen LogP contribution in [0.3, 0.4) is 0 Å². The van der Waals surface area contributed by atoms with Crippen LogP contribution >= 0.6 is 0 Å². The molecule has 0 aliphatic rings. The van der Waals surface area contributed by atoms with Crippen molar-refractivity contribution in [3.63, 3.8) is 0 Å². The molecular formula is C6H15NOTi. The van der Waals surface area contributed by atoms with Crippen molar-refractivity contribution >= 4 is 0 Å². The van der Waals surface area contributed by atoms with Crippen LogP contribution in [-0.2, 0) is 26.5 Å². The first-order valence-electron chi connectivity index (χ1n) is 2.63. The first kappa shape index (κ1) is 16.3. The van der Waals surface area contributed by atoms with E-state index in [1.807, 2.05) is 6.92 Å². The molecule has 9 heavy (non-hydrogen) atoms. The summed E-state index contributed by atoms with van der Waals surface area (Å²) in [6.07, 6.45) is 0.847. The molecule has 0 aliphatic heterocycles. The van der Waals surface area contributed by atoms with E-state index in [0.29, 0.717) is 6.54 Å². The number of hydrogen-bond donors (Lipinski definition) is 1. The zero-order chi connectivity index (χ0) is 6.83. The monoisotopic (exact) mass is 165 g/mol. The maximum Gasteiger partial charge on any atom is 2.00 e. The molecule has 0 rings (SSSR count). The van der Waals surface area contributed by atoms with Crippen LogP contribution in [-0.4, -0.2) is 13.7 Å². The predicted molar refractivity (Wildman–Crippen MR) is 36.0 cm³/mol. The molecule has 3 heteroatoms. The third-order valence-corrected chi connectivity index (χ3v) is 0.440. The van der Waals surface area contributed by atoms with Gasteiger partial charge in [-0.3, -0.25) is 0 Å². The Hall–Kier alpha value is 0.634. The summed E-state index contributed by atoms with van der Waals surface area (Å²) in [7, 11) is 1.62. The molecule has 0 radical (unpaired) electrons. The van der Waals surface area contributed by atoms with E-state index < -0.39 is 0 Å². The van der Waals surface area contributed by atoms with E-state index in [4.69, 9.17) is 5.73 Å². The number of ether oxygens (including phenoxy) is 1. The average molecular weight is 165 g/mol. The maximum absolute atomic E-state index is 4.97. The van der Waals surface area contributed by atoms with Crippen molar-refractivity contribution in [3.8, 4) is 0 Å². The second-order valence-corrected chi connectivity index (χ2v) is 1.11. The third-order valence-electron chi connectivity index (χ3n) is 0.440. The van der Waals surface area contributed by atoms with Crippen molar-refractivity contribution in [3.05, 3.63) is 13.5 Å². The summed E-state index contributed by atoms with van der Waals surface area (Å²) in [5.74, 6) is 0. The van der Waals surface area contributed by atoms with Crippen LogP contribution in [0.5, 0.6) is 0 Å². The van der Waals surface area contributed by atoms with E-state index in [1.54, 1.807) is 13.7 Å². The quantitative estimate of drug-likeness (QED) is 0.489. The summed E-state index contributed by atoms with van der Waals surface area (Å²) >= 11 is 0. The molecule has 0 fully saturated rings. The Morgan fingerprint density at radius 2 is 1.89 bits per heavy atom. The molecule has 0 aliphatic carbocycles. The SMILES string of the molecule is C[CH-]OC.[CH2-]CCN.[Ti+2]. The molecule has 0 spiro atoms. The second kappa shape index (κ2) is 23.4. The fourth-order valence-electron chi connectivity index (χ4n) is 0. The van der Waals surface area contributed by atoms with Gasteiger partial charge in [0.2, 0.25) is 0 Å². The number of nitrogens with two attached hydrogens (primary N) is 1. The van der Waals surface area contributed by atoms with Gasteiger partial charge in [0.05, 0.1) is 0 Å². The largest absolute Gasteiger partial charge is 2.00 e. The zero-order valence-electron chi connectivity index (χ0n) is 6.18. The van der Waals surface area contributed by atoms with E-state index in [1.165, 1.54) is 0 Å². The summed E-state index contributed by atoms with van der Waals surface area (Å²) in [4.78, 5) is 0. The van der Waals surface area contributed by atoms with E-state index in [9.17, 15) is 0 Å². The smallest absolute Gasteiger partial charge is 0.555 e. The van der Waals surface area contributed by atoms with Gasteiger partial charge in [-0.1, -0.05) is 0 Å². The van der Waals surface area contributed by atoms with Gasteiger partial charge in [0.25, 0.3) is 0 Å². The number of hydrogen-bond acceptors (Lipinski definition) is 2. The second-order valence-electron chi connectivity index (χ2n) is 1.11. The normalized spacial score (nSPS) is 6.67. The molecule has 2 N–H and O–H groups in total. The van der Waals surface area contributed by atoms with Crippen LogP contribution in [0.4, 0.5) is 0 Å². The average Bonchev–Trinajstić information content (AvgIpc) is 1.88. The van der Waals surface area contributed by atoms with Crippen LogP contribution in [0.2, 0.25) is 0 Å². The number of methoxy groups -OCH3 is 1. The van der Waals surface area contributed by atoms with Crippen molar-refractivity contribution < 1.29 is 26.5 Å². The van der Waals surface area contributed by atoms with Gasteiger partial charge in [-0.25, -0.2) is 6.61 Å². The molecule has 0 unspecified atom stereocenters. The van der Waals surface area contributed by atoms with Crippen molar-refractivity contribution in [2.24, 2.45) is 5.73 Å². The Morgan fingerprint density at radius 1 is 1.67 bits per heavy atom. The standard InChI is InChI=1S/C3H8N.C3H7O.Ti/c1-2-3-4;1-3-4-2;/h1-4H2;3H,1-2H3;/q2*-1;+2. The van der Waals surface area contributed by atoms with E-state index >= 15 is 0 Å². The van der Waals surface area contributed by atoms with Crippen LogP contribution in [0, 0.1) is 13.5 Å². The molecule has 2 nitrogen and oxygen atoms in total. The van der Waals surface area contributed by atoms with Crippen molar-refractivity contribution in [1.29, 1.82) is 0 Å². The summed E-state index contributed by atoms with van der Waals surface area (Å²) in [6, 6.07) is 0. The fraction of sp³-hybridized carbons (Fsp3) is 0.667. The number of rotatable bonds is 2. The molecule has 0 aromatic carbocycles. The molecule has 0 bridgehead atoms. The van der Waals surface area contributed by atoms with Gasteiger partial charge in [0.15, 0.2) is 0 Å². The first-order valence-corrected chi connectivity index (χ1v) is 2.63. The maximum atomic E-state index is 4.97. The molecule has 0 heterocycles. The Balaban J connectivity index is -0.0000000720. The molecule has 0 amide bonds. The molecule has 0 saturated carbocycles. The van der Waals surface area contributed by atoms with Crippen LogP contribution in [0.25, 0.3) is 0 Å². The van der Waals surface area contributed by atoms with Gasteiger partial charge < -0.3 is 17.4 Å². The van der Waals surface area contributed by atoms with Gasteiger partial charge in [-0.15, -0.1) is 0 Å². The summed E-state index contributed by atoms with van der Waals surface area (Å²) in [5, 5.41) is 0. The predicted octanol–water partition coefficient (Wildman–Crippen LogP) is 0.981. The summed E-state index contributed by atoms with van der Waals surface area (Å²) in [5.41, 5.74) is 4.97. The van der Waals surface area contributed by atoms with E-state index in [0.717, 1.165) is 6.42 Å². The van der Waals surface area contributed by atoms with Crippen molar-refractivity contribution in [2.75, 3.05) is 13.7 Å². The molecule has 0 aromatic rings. The van der Waals surface area contributed by atoms with Crippen molar-refractivity contribution in [1.82, 2.24) is 0 Å². The van der Waals surface area contributed by atoms with Gasteiger partial charge in [-0.2, -0.15) is 13.3 Å². The van der Waals surface area contributed by atoms with E-state index in [-0.39, 0.29) is 21.7 Å². The van der Waals surface area contributed by atoms with Crippen molar-refractivity contribution in [2.45, 2.75) is 13.3 Å². The minimum absolute atomic E-state index is 0. The van der Waals surface area contributed by atoms with Crippen LogP contribution < -0.4 is 5.73 Å². The van der Waals surface area contributed by atoms with Crippen LogP contribution in [0.1, 0.15) is 13.3 Å². The van der Waals surface area contributed by atoms with E-state index in [2.05, 4.69) is 11.7 Å². The topological polar surface area (TPSA) is 35.2 Å². The molecular weight excluding hydrogens is 150 g/mol. The van der Waals surface area contributed by atoms with Gasteiger partial charge in [0.1, 0.15) is 0 Å². The third kappa shape index (κ3) is 54.8. The molecule has 0 saturated heterocycles. The van der Waals surface area contributed by atoms with Gasteiger partial charge >= 0.3 is 21.7 Å². The Labute approximate surface area is 73.0 Å².